The Labute approximate surface area is 63.0 Å². The highest BCUT2D eigenvalue weighted by Gasteiger charge is 1.95. The van der Waals surface area contributed by atoms with Crippen LogP contribution in [0.15, 0.2) is 0 Å². The molecule has 0 aliphatic rings. The number of methoxy groups -OCH3 is 1. The van der Waals surface area contributed by atoms with Crippen molar-refractivity contribution in [1.82, 2.24) is 5.32 Å². The van der Waals surface area contributed by atoms with Crippen LogP contribution >= 0.6 is 0 Å². The van der Waals surface area contributed by atoms with Gasteiger partial charge in [0, 0.05) is 13.2 Å². The zero-order valence-electron chi connectivity index (χ0n) is 6.90. The molecule has 0 spiro atoms. The first-order chi connectivity index (χ1) is 4.81. The Balaban J connectivity index is 3.18. The summed E-state index contributed by atoms with van der Waals surface area (Å²) in [5.41, 5.74) is 0. The van der Waals surface area contributed by atoms with Gasteiger partial charge in [0.25, 0.3) is 0 Å². The van der Waals surface area contributed by atoms with Crippen molar-refractivity contribution in [3.63, 3.8) is 0 Å². The maximum Gasteiger partial charge on any atom is 0.0613 e. The van der Waals surface area contributed by atoms with Crippen LogP contribution in [0.3, 0.4) is 0 Å². The second kappa shape index (κ2) is 6.60. The molecule has 2 nitrogen and oxygen atoms in total. The van der Waals surface area contributed by atoms with E-state index in [1.165, 1.54) is 0 Å². The van der Waals surface area contributed by atoms with E-state index in [9.17, 15) is 0 Å². The van der Waals surface area contributed by atoms with Crippen molar-refractivity contribution in [3.05, 3.63) is 0 Å². The molecule has 0 amide bonds. The minimum atomic E-state index is 0.394. The Morgan fingerprint density at radius 1 is 1.60 bits per heavy atom. The van der Waals surface area contributed by atoms with Gasteiger partial charge in [-0.25, -0.2) is 0 Å². The standard InChI is InChI=1S/C8H15NO/c1-4-5-6-9-8(2)7-10-3/h8-9H,6-7H2,1-3H3. The van der Waals surface area contributed by atoms with Gasteiger partial charge in [0.1, 0.15) is 0 Å². The Hall–Kier alpha value is -0.520. The predicted octanol–water partition coefficient (Wildman–Crippen LogP) is 0.634. The van der Waals surface area contributed by atoms with E-state index in [-0.39, 0.29) is 0 Å². The lowest BCUT2D eigenvalue weighted by atomic mass is 10.3. The molecule has 0 heterocycles. The molecule has 0 radical (unpaired) electrons. The molecule has 58 valence electrons. The van der Waals surface area contributed by atoms with Crippen molar-refractivity contribution in [2.75, 3.05) is 20.3 Å². The molecule has 0 aromatic heterocycles. The summed E-state index contributed by atoms with van der Waals surface area (Å²) < 4.78 is 4.92. The highest BCUT2D eigenvalue weighted by Crippen LogP contribution is 1.79. The van der Waals surface area contributed by atoms with E-state index in [0.29, 0.717) is 6.04 Å². The SMILES string of the molecule is CC#CCNC(C)COC. The van der Waals surface area contributed by atoms with Crippen molar-refractivity contribution < 1.29 is 4.74 Å². The number of hydrogen-bond acceptors (Lipinski definition) is 2. The van der Waals surface area contributed by atoms with E-state index < -0.39 is 0 Å². The van der Waals surface area contributed by atoms with Crippen LogP contribution in [-0.2, 0) is 4.74 Å². The van der Waals surface area contributed by atoms with Gasteiger partial charge < -0.3 is 10.1 Å². The van der Waals surface area contributed by atoms with Crippen LogP contribution in [-0.4, -0.2) is 26.3 Å². The van der Waals surface area contributed by atoms with E-state index in [1.54, 1.807) is 7.11 Å². The number of rotatable bonds is 4. The van der Waals surface area contributed by atoms with E-state index >= 15 is 0 Å². The van der Waals surface area contributed by atoms with Gasteiger partial charge in [0.2, 0.25) is 0 Å². The molecule has 1 N–H and O–H groups in total. The topological polar surface area (TPSA) is 21.3 Å². The van der Waals surface area contributed by atoms with Gasteiger partial charge >= 0.3 is 0 Å². The van der Waals surface area contributed by atoms with E-state index in [0.717, 1.165) is 13.2 Å². The Kier molecular flexibility index (Phi) is 6.25. The molecule has 0 rings (SSSR count). The lowest BCUT2D eigenvalue weighted by Crippen LogP contribution is -2.30. The normalized spacial score (nSPS) is 11.9. The summed E-state index contributed by atoms with van der Waals surface area (Å²) in [5.74, 6) is 5.73. The maximum atomic E-state index is 4.92. The molecule has 0 saturated heterocycles. The molecule has 2 heteroatoms. The summed E-state index contributed by atoms with van der Waals surface area (Å²) in [5, 5.41) is 3.19. The van der Waals surface area contributed by atoms with Crippen LogP contribution in [0.2, 0.25) is 0 Å². The molecule has 10 heavy (non-hydrogen) atoms. The Morgan fingerprint density at radius 3 is 2.80 bits per heavy atom. The van der Waals surface area contributed by atoms with Crippen LogP contribution < -0.4 is 5.32 Å². The summed E-state index contributed by atoms with van der Waals surface area (Å²) in [4.78, 5) is 0. The number of hydrogen-bond donors (Lipinski definition) is 1. The highest BCUT2D eigenvalue weighted by molar-refractivity contribution is 4.97. The second-order valence-electron chi connectivity index (χ2n) is 2.16. The third-order valence-corrected chi connectivity index (χ3v) is 1.13. The maximum absolute atomic E-state index is 4.92. The molecule has 0 bridgehead atoms. The number of nitrogens with one attached hydrogen (secondary N) is 1. The minimum Gasteiger partial charge on any atom is -0.383 e. The van der Waals surface area contributed by atoms with Gasteiger partial charge in [-0.3, -0.25) is 0 Å². The third kappa shape index (κ3) is 5.61. The predicted molar refractivity (Wildman–Crippen MR) is 42.8 cm³/mol. The van der Waals surface area contributed by atoms with Crippen LogP contribution in [0.25, 0.3) is 0 Å². The largest absolute Gasteiger partial charge is 0.383 e. The summed E-state index contributed by atoms with van der Waals surface area (Å²) in [6.07, 6.45) is 0. The molecule has 0 aliphatic carbocycles. The first-order valence-electron chi connectivity index (χ1n) is 3.43. The van der Waals surface area contributed by atoms with Crippen molar-refractivity contribution in [3.8, 4) is 11.8 Å². The van der Waals surface area contributed by atoms with Crippen LogP contribution in [0, 0.1) is 11.8 Å². The molecule has 0 aliphatic heterocycles. The van der Waals surface area contributed by atoms with Crippen LogP contribution in [0.5, 0.6) is 0 Å². The van der Waals surface area contributed by atoms with Gasteiger partial charge in [0.15, 0.2) is 0 Å². The minimum absolute atomic E-state index is 0.394. The summed E-state index contributed by atoms with van der Waals surface area (Å²) in [7, 11) is 1.70. The molecule has 0 aromatic carbocycles. The molecule has 0 aromatic rings. The fraction of sp³-hybridized carbons (Fsp3) is 0.750. The Morgan fingerprint density at radius 2 is 2.30 bits per heavy atom. The molecule has 1 unspecified atom stereocenters. The van der Waals surface area contributed by atoms with Crippen molar-refractivity contribution in [2.45, 2.75) is 19.9 Å². The van der Waals surface area contributed by atoms with Gasteiger partial charge in [-0.15, -0.1) is 5.92 Å². The average Bonchev–Trinajstić information content (AvgIpc) is 1.89. The first kappa shape index (κ1) is 9.48. The summed E-state index contributed by atoms with van der Waals surface area (Å²) >= 11 is 0. The van der Waals surface area contributed by atoms with Gasteiger partial charge in [0.05, 0.1) is 13.2 Å². The smallest absolute Gasteiger partial charge is 0.0613 e. The van der Waals surface area contributed by atoms with Crippen molar-refractivity contribution >= 4 is 0 Å². The van der Waals surface area contributed by atoms with E-state index in [4.69, 9.17) is 4.74 Å². The second-order valence-corrected chi connectivity index (χ2v) is 2.16. The van der Waals surface area contributed by atoms with Gasteiger partial charge in [-0.05, 0) is 13.8 Å². The van der Waals surface area contributed by atoms with E-state index in [2.05, 4.69) is 24.1 Å². The molecule has 0 saturated carbocycles. The lowest BCUT2D eigenvalue weighted by molar-refractivity contribution is 0.174. The van der Waals surface area contributed by atoms with Crippen molar-refractivity contribution in [1.29, 1.82) is 0 Å². The fourth-order valence-electron chi connectivity index (χ4n) is 0.623. The Bertz CT molecular complexity index is 123. The lowest BCUT2D eigenvalue weighted by Gasteiger charge is -2.08. The highest BCUT2D eigenvalue weighted by atomic mass is 16.5. The zero-order valence-corrected chi connectivity index (χ0v) is 6.90. The van der Waals surface area contributed by atoms with Crippen molar-refractivity contribution in [2.24, 2.45) is 0 Å². The van der Waals surface area contributed by atoms with Gasteiger partial charge in [-0.1, -0.05) is 5.92 Å². The molecule has 1 atom stereocenters. The monoisotopic (exact) mass is 141 g/mol. The molecular formula is C8H15NO. The van der Waals surface area contributed by atoms with E-state index in [1.807, 2.05) is 6.92 Å². The molecular weight excluding hydrogens is 126 g/mol. The zero-order chi connectivity index (χ0) is 7.82. The fourth-order valence-corrected chi connectivity index (χ4v) is 0.623. The van der Waals surface area contributed by atoms with Gasteiger partial charge in [-0.2, -0.15) is 0 Å². The number of ether oxygens (including phenoxy) is 1. The first-order valence-corrected chi connectivity index (χ1v) is 3.43. The molecule has 0 fully saturated rings. The summed E-state index contributed by atoms with van der Waals surface area (Å²) in [6, 6.07) is 0.394. The van der Waals surface area contributed by atoms with Crippen LogP contribution in [0.1, 0.15) is 13.8 Å². The van der Waals surface area contributed by atoms with Crippen LogP contribution in [0.4, 0.5) is 0 Å². The quantitative estimate of drug-likeness (QED) is 0.580. The summed E-state index contributed by atoms with van der Waals surface area (Å²) in [6.45, 7) is 5.40. The average molecular weight is 141 g/mol. The third-order valence-electron chi connectivity index (χ3n) is 1.13.